The van der Waals surface area contributed by atoms with Gasteiger partial charge in [0.05, 0.1) is 18.8 Å². The fourth-order valence-corrected chi connectivity index (χ4v) is 2.90. The number of methoxy groups -OCH3 is 1. The molecule has 0 saturated carbocycles. The highest BCUT2D eigenvalue weighted by Crippen LogP contribution is 2.33. The number of thiazole rings is 1. The van der Waals surface area contributed by atoms with Gasteiger partial charge in [-0.1, -0.05) is 34.1 Å². The molecule has 4 nitrogen and oxygen atoms in total. The van der Waals surface area contributed by atoms with Crippen LogP contribution in [0.2, 0.25) is 0 Å². The number of hydrogen-bond donors (Lipinski definition) is 1. The predicted molar refractivity (Wildman–Crippen MR) is 74.0 cm³/mol. The molecule has 1 unspecified atom stereocenters. The number of carbonyl (C=O) groups excluding carboxylic acids is 1. The molecular formula is C13H22N2O2S. The van der Waals surface area contributed by atoms with Gasteiger partial charge < -0.3 is 10.5 Å². The van der Waals surface area contributed by atoms with Gasteiger partial charge in [-0.2, -0.15) is 0 Å². The van der Waals surface area contributed by atoms with E-state index in [1.165, 1.54) is 18.4 Å². The van der Waals surface area contributed by atoms with E-state index in [4.69, 9.17) is 10.5 Å². The lowest BCUT2D eigenvalue weighted by molar-refractivity contribution is 0.0603. The average Bonchev–Trinajstić information content (AvgIpc) is 2.72. The number of carbonyl (C=O) groups is 1. The van der Waals surface area contributed by atoms with Gasteiger partial charge in [-0.15, -0.1) is 11.3 Å². The maximum absolute atomic E-state index is 11.8. The molecule has 18 heavy (non-hydrogen) atoms. The predicted octanol–water partition coefficient (Wildman–Crippen LogP) is 3.03. The summed E-state index contributed by atoms with van der Waals surface area (Å²) in [7, 11) is 1.39. The summed E-state index contributed by atoms with van der Waals surface area (Å²) in [6.07, 6.45) is 1.87. The Labute approximate surface area is 113 Å². The molecule has 0 saturated heterocycles. The van der Waals surface area contributed by atoms with Gasteiger partial charge in [-0.25, -0.2) is 9.78 Å². The highest BCUT2D eigenvalue weighted by atomic mass is 32.1. The fourth-order valence-electron chi connectivity index (χ4n) is 1.67. The van der Waals surface area contributed by atoms with Crippen molar-refractivity contribution >= 4 is 17.3 Å². The lowest BCUT2D eigenvalue weighted by atomic mass is 9.91. The van der Waals surface area contributed by atoms with Crippen LogP contribution in [-0.2, 0) is 10.2 Å². The maximum Gasteiger partial charge on any atom is 0.350 e. The summed E-state index contributed by atoms with van der Waals surface area (Å²) in [5, 5.41) is 0.821. The van der Waals surface area contributed by atoms with E-state index in [2.05, 4.69) is 11.9 Å². The van der Waals surface area contributed by atoms with Gasteiger partial charge in [0.25, 0.3) is 0 Å². The van der Waals surface area contributed by atoms with E-state index < -0.39 is 0 Å². The van der Waals surface area contributed by atoms with E-state index >= 15 is 0 Å². The molecule has 1 aromatic rings. The topological polar surface area (TPSA) is 65.2 Å². The van der Waals surface area contributed by atoms with E-state index in [0.717, 1.165) is 23.5 Å². The van der Waals surface area contributed by atoms with Crippen LogP contribution in [0, 0.1) is 0 Å². The molecule has 0 aliphatic rings. The summed E-state index contributed by atoms with van der Waals surface area (Å²) in [4.78, 5) is 16.9. The molecular weight excluding hydrogens is 248 g/mol. The molecule has 102 valence electrons. The molecule has 2 N–H and O–H groups in total. The van der Waals surface area contributed by atoms with E-state index in [9.17, 15) is 4.79 Å². The van der Waals surface area contributed by atoms with Gasteiger partial charge in [0.15, 0.2) is 0 Å². The Morgan fingerprint density at radius 3 is 2.56 bits per heavy atom. The molecule has 0 aliphatic carbocycles. The van der Waals surface area contributed by atoms with E-state index in [1.54, 1.807) is 0 Å². The average molecular weight is 270 g/mol. The van der Waals surface area contributed by atoms with Crippen LogP contribution >= 0.6 is 11.3 Å². The minimum absolute atomic E-state index is 0.0977. The minimum atomic E-state index is -0.327. The van der Waals surface area contributed by atoms with Crippen LogP contribution in [0.25, 0.3) is 0 Å². The molecule has 0 spiro atoms. The Balaban J connectivity index is 3.19. The van der Waals surface area contributed by atoms with Crippen LogP contribution < -0.4 is 5.73 Å². The second-order valence-electron chi connectivity index (χ2n) is 5.37. The summed E-state index contributed by atoms with van der Waals surface area (Å²) in [5.74, 6) is -0.327. The zero-order chi connectivity index (χ0) is 13.9. The smallest absolute Gasteiger partial charge is 0.350 e. The molecule has 1 atom stereocenters. The molecule has 0 aromatic carbocycles. The number of esters is 1. The number of nitrogens with two attached hydrogens (primary N) is 1. The largest absolute Gasteiger partial charge is 0.465 e. The standard InChI is InChI=1S/C13H22N2O2S/c1-6-7-8(14)11-15-10(13(2,3)4)9(18-11)12(16)17-5/h8H,6-7,14H2,1-5H3. The van der Waals surface area contributed by atoms with Gasteiger partial charge in [0.1, 0.15) is 9.88 Å². The molecule has 0 bridgehead atoms. The summed E-state index contributed by atoms with van der Waals surface area (Å²) in [5.41, 5.74) is 6.66. The first-order valence-corrected chi connectivity index (χ1v) is 6.98. The van der Waals surface area contributed by atoms with Crippen LogP contribution in [0.15, 0.2) is 0 Å². The lowest BCUT2D eigenvalue weighted by Crippen LogP contribution is -2.17. The monoisotopic (exact) mass is 270 g/mol. The Bertz CT molecular complexity index is 421. The van der Waals surface area contributed by atoms with Crippen LogP contribution in [-0.4, -0.2) is 18.1 Å². The molecule has 0 fully saturated rings. The summed E-state index contributed by atoms with van der Waals surface area (Å²) >= 11 is 1.36. The molecule has 1 rings (SSSR count). The molecule has 0 amide bonds. The van der Waals surface area contributed by atoms with E-state index in [0.29, 0.717) is 4.88 Å². The second kappa shape index (κ2) is 5.80. The van der Waals surface area contributed by atoms with Crippen molar-refractivity contribution in [2.45, 2.75) is 52.0 Å². The first-order valence-electron chi connectivity index (χ1n) is 6.16. The van der Waals surface area contributed by atoms with E-state index in [1.807, 2.05) is 20.8 Å². The zero-order valence-corrected chi connectivity index (χ0v) is 12.6. The Hall–Kier alpha value is -0.940. The number of nitrogens with zero attached hydrogens (tertiary/aromatic N) is 1. The fraction of sp³-hybridized carbons (Fsp3) is 0.692. The third kappa shape index (κ3) is 3.29. The summed E-state index contributed by atoms with van der Waals surface area (Å²) in [6.45, 7) is 8.18. The molecule has 1 heterocycles. The molecule has 5 heteroatoms. The van der Waals surface area contributed by atoms with Gasteiger partial charge >= 0.3 is 5.97 Å². The van der Waals surface area contributed by atoms with Crippen molar-refractivity contribution < 1.29 is 9.53 Å². The number of aromatic nitrogens is 1. The van der Waals surface area contributed by atoms with Crippen LogP contribution in [0.1, 0.15) is 67.0 Å². The highest BCUT2D eigenvalue weighted by molar-refractivity contribution is 7.13. The first-order chi connectivity index (χ1) is 8.31. The highest BCUT2D eigenvalue weighted by Gasteiger charge is 2.28. The zero-order valence-electron chi connectivity index (χ0n) is 11.7. The molecule has 0 aliphatic heterocycles. The van der Waals surface area contributed by atoms with Crippen molar-refractivity contribution in [3.8, 4) is 0 Å². The van der Waals surface area contributed by atoms with Gasteiger partial charge in [0.2, 0.25) is 0 Å². The lowest BCUT2D eigenvalue weighted by Gasteiger charge is -2.16. The van der Waals surface area contributed by atoms with Crippen molar-refractivity contribution in [1.82, 2.24) is 4.98 Å². The number of rotatable bonds is 4. The third-order valence-electron chi connectivity index (χ3n) is 2.64. The molecule has 0 radical (unpaired) electrons. The van der Waals surface area contributed by atoms with Gasteiger partial charge in [-0.3, -0.25) is 0 Å². The Kier molecular flexibility index (Phi) is 4.87. The van der Waals surface area contributed by atoms with Crippen molar-refractivity contribution in [1.29, 1.82) is 0 Å². The SMILES string of the molecule is CCCC(N)c1nc(C(C)(C)C)c(C(=O)OC)s1. The second-order valence-corrected chi connectivity index (χ2v) is 6.40. The van der Waals surface area contributed by atoms with Crippen molar-refractivity contribution in [2.24, 2.45) is 5.73 Å². The van der Waals surface area contributed by atoms with Crippen LogP contribution in [0.4, 0.5) is 0 Å². The van der Waals surface area contributed by atoms with Gasteiger partial charge in [-0.05, 0) is 6.42 Å². The van der Waals surface area contributed by atoms with Crippen LogP contribution in [0.5, 0.6) is 0 Å². The van der Waals surface area contributed by atoms with Crippen molar-refractivity contribution in [2.75, 3.05) is 7.11 Å². The first kappa shape index (κ1) is 15.1. The minimum Gasteiger partial charge on any atom is -0.465 e. The summed E-state index contributed by atoms with van der Waals surface area (Å²) in [6, 6.07) is -0.0977. The van der Waals surface area contributed by atoms with E-state index in [-0.39, 0.29) is 17.4 Å². The quantitative estimate of drug-likeness (QED) is 0.854. The maximum atomic E-state index is 11.8. The Morgan fingerprint density at radius 1 is 1.50 bits per heavy atom. The number of ether oxygens (including phenoxy) is 1. The van der Waals surface area contributed by atoms with Crippen LogP contribution in [0.3, 0.4) is 0 Å². The van der Waals surface area contributed by atoms with Crippen molar-refractivity contribution in [3.05, 3.63) is 15.6 Å². The Morgan fingerprint density at radius 2 is 2.11 bits per heavy atom. The normalized spacial score (nSPS) is 13.4. The molecule has 1 aromatic heterocycles. The summed E-state index contributed by atoms with van der Waals surface area (Å²) < 4.78 is 4.82. The van der Waals surface area contributed by atoms with Gasteiger partial charge in [0, 0.05) is 5.41 Å². The number of hydrogen-bond acceptors (Lipinski definition) is 5. The third-order valence-corrected chi connectivity index (χ3v) is 3.81. The van der Waals surface area contributed by atoms with Crippen molar-refractivity contribution in [3.63, 3.8) is 0 Å².